The van der Waals surface area contributed by atoms with Crippen LogP contribution in [0.5, 0.6) is 5.75 Å². The number of sulfonamides is 1. The molecule has 1 aliphatic carbocycles. The average molecular weight is 386 g/mol. The molecule has 2 aromatic rings. The van der Waals surface area contributed by atoms with Crippen LogP contribution >= 0.6 is 23.2 Å². The molecule has 7 heteroatoms. The van der Waals surface area contributed by atoms with Crippen LogP contribution in [0.25, 0.3) is 0 Å². The first kappa shape index (κ1) is 17.4. The number of hydrogen-bond acceptors (Lipinski definition) is 3. The number of nitrogens with one attached hydrogen (secondary N) is 1. The number of ether oxygens (including phenoxy) is 1. The molecule has 0 atom stereocenters. The highest BCUT2D eigenvalue weighted by atomic mass is 35.5. The van der Waals surface area contributed by atoms with E-state index in [-0.39, 0.29) is 4.90 Å². The Hall–Kier alpha value is -1.43. The molecule has 0 amide bonds. The lowest BCUT2D eigenvalue weighted by Crippen LogP contribution is -2.16. The van der Waals surface area contributed by atoms with E-state index in [0.29, 0.717) is 21.5 Å². The van der Waals surface area contributed by atoms with Gasteiger partial charge in [0.15, 0.2) is 0 Å². The van der Waals surface area contributed by atoms with Crippen molar-refractivity contribution in [2.45, 2.75) is 30.6 Å². The summed E-state index contributed by atoms with van der Waals surface area (Å²) in [4.78, 5) is 0.127. The summed E-state index contributed by atoms with van der Waals surface area (Å²) in [6.07, 6.45) is 4.01. The Balaban J connectivity index is 2.02. The Morgan fingerprint density at radius 2 is 1.54 bits per heavy atom. The number of aryl methyl sites for hydroxylation is 2. The molecule has 0 bridgehead atoms. The van der Waals surface area contributed by atoms with Crippen LogP contribution in [0.15, 0.2) is 35.2 Å². The molecule has 1 N–H and O–H groups in total. The summed E-state index contributed by atoms with van der Waals surface area (Å²) in [5, 5.41) is 0.718. The molecule has 3 rings (SSSR count). The maximum Gasteiger partial charge on any atom is 0.265 e. The largest absolute Gasteiger partial charge is 0.495 e. The normalized spacial score (nSPS) is 14.1. The van der Waals surface area contributed by atoms with Gasteiger partial charge in [-0.15, -0.1) is 0 Å². The Kier molecular flexibility index (Phi) is 4.95. The first-order valence-corrected chi connectivity index (χ1v) is 9.81. The van der Waals surface area contributed by atoms with Gasteiger partial charge in [0.25, 0.3) is 10.0 Å². The minimum atomic E-state index is -3.82. The van der Waals surface area contributed by atoms with E-state index in [1.165, 1.54) is 19.2 Å². The van der Waals surface area contributed by atoms with Crippen molar-refractivity contribution in [3.8, 4) is 5.75 Å². The molecule has 1 aliphatic rings. The fourth-order valence-corrected chi connectivity index (χ4v) is 4.70. The molecule has 24 heavy (non-hydrogen) atoms. The molecular formula is C17H17Cl2NO3S. The van der Waals surface area contributed by atoms with E-state index in [9.17, 15) is 8.42 Å². The Labute approximate surface area is 151 Å². The summed E-state index contributed by atoms with van der Waals surface area (Å²) in [7, 11) is -2.34. The van der Waals surface area contributed by atoms with Crippen LogP contribution in [0.1, 0.15) is 24.0 Å². The molecule has 4 nitrogen and oxygen atoms in total. The zero-order valence-corrected chi connectivity index (χ0v) is 15.4. The summed E-state index contributed by atoms with van der Waals surface area (Å²) in [5.41, 5.74) is 2.53. The number of rotatable bonds is 4. The standard InChI is InChI=1S/C17H17Cl2NO3S/c1-23-16-6-11-4-2-3-5-12(11)7-17(16)24(21,22)20-15-9-13(18)8-14(19)10-15/h6-10,20H,2-5H2,1H3. The zero-order chi connectivity index (χ0) is 17.3. The van der Waals surface area contributed by atoms with Gasteiger partial charge >= 0.3 is 0 Å². The van der Waals surface area contributed by atoms with E-state index in [0.717, 1.165) is 36.8 Å². The molecule has 2 aromatic carbocycles. The number of halogens is 2. The minimum Gasteiger partial charge on any atom is -0.495 e. The third-order valence-corrected chi connectivity index (χ3v) is 5.87. The van der Waals surface area contributed by atoms with Gasteiger partial charge in [-0.2, -0.15) is 0 Å². The Morgan fingerprint density at radius 3 is 2.12 bits per heavy atom. The highest BCUT2D eigenvalue weighted by molar-refractivity contribution is 7.92. The maximum absolute atomic E-state index is 12.8. The molecule has 0 radical (unpaired) electrons. The van der Waals surface area contributed by atoms with Gasteiger partial charge in [0, 0.05) is 10.0 Å². The second-order valence-electron chi connectivity index (χ2n) is 5.74. The summed E-state index contributed by atoms with van der Waals surface area (Å²) in [5.74, 6) is 0.344. The monoisotopic (exact) mass is 385 g/mol. The van der Waals surface area contributed by atoms with E-state index in [1.807, 2.05) is 6.07 Å². The lowest BCUT2D eigenvalue weighted by Gasteiger charge is -2.19. The zero-order valence-electron chi connectivity index (χ0n) is 13.1. The van der Waals surface area contributed by atoms with Gasteiger partial charge in [-0.25, -0.2) is 8.42 Å². The van der Waals surface area contributed by atoms with Crippen molar-refractivity contribution in [1.29, 1.82) is 0 Å². The molecule has 128 valence electrons. The SMILES string of the molecule is COc1cc2c(cc1S(=O)(=O)Nc1cc(Cl)cc(Cl)c1)CCCC2. The number of hydrogen-bond donors (Lipinski definition) is 1. The summed E-state index contributed by atoms with van der Waals surface area (Å²) >= 11 is 11.9. The van der Waals surface area contributed by atoms with Gasteiger partial charge in [-0.05, 0) is 67.1 Å². The highest BCUT2D eigenvalue weighted by Crippen LogP contribution is 2.33. The molecule has 0 saturated carbocycles. The van der Waals surface area contributed by atoms with Gasteiger partial charge in [0.1, 0.15) is 10.6 Å². The molecular weight excluding hydrogens is 369 g/mol. The second-order valence-corrected chi connectivity index (χ2v) is 8.27. The lowest BCUT2D eigenvalue weighted by atomic mass is 9.92. The van der Waals surface area contributed by atoms with Crippen molar-refractivity contribution in [2.24, 2.45) is 0 Å². The summed E-state index contributed by atoms with van der Waals surface area (Å²) < 4.78 is 33.5. The van der Waals surface area contributed by atoms with Crippen LogP contribution in [0.3, 0.4) is 0 Å². The summed E-state index contributed by atoms with van der Waals surface area (Å²) in [6, 6.07) is 8.10. The summed E-state index contributed by atoms with van der Waals surface area (Å²) in [6.45, 7) is 0. The third kappa shape index (κ3) is 3.63. The maximum atomic E-state index is 12.8. The van der Waals surface area contributed by atoms with Crippen LogP contribution in [0.4, 0.5) is 5.69 Å². The molecule has 0 fully saturated rings. The molecule has 0 saturated heterocycles. The van der Waals surface area contributed by atoms with Gasteiger partial charge in [-0.3, -0.25) is 4.72 Å². The first-order valence-electron chi connectivity index (χ1n) is 7.58. The third-order valence-electron chi connectivity index (χ3n) is 4.03. The van der Waals surface area contributed by atoms with Crippen molar-refractivity contribution in [2.75, 3.05) is 11.8 Å². The van der Waals surface area contributed by atoms with E-state index in [1.54, 1.807) is 12.1 Å². The van der Waals surface area contributed by atoms with E-state index >= 15 is 0 Å². The Morgan fingerprint density at radius 1 is 0.958 bits per heavy atom. The van der Waals surface area contributed by atoms with Crippen molar-refractivity contribution < 1.29 is 13.2 Å². The van der Waals surface area contributed by atoms with Crippen LogP contribution < -0.4 is 9.46 Å². The van der Waals surface area contributed by atoms with Gasteiger partial charge < -0.3 is 4.74 Å². The Bertz CT molecular complexity index is 861. The van der Waals surface area contributed by atoms with Gasteiger partial charge in [0.05, 0.1) is 12.8 Å². The second kappa shape index (κ2) is 6.82. The average Bonchev–Trinajstić information content (AvgIpc) is 2.52. The van der Waals surface area contributed by atoms with E-state index in [4.69, 9.17) is 27.9 Å². The minimum absolute atomic E-state index is 0.127. The fraction of sp³-hybridized carbons (Fsp3) is 0.294. The van der Waals surface area contributed by atoms with Crippen LogP contribution in [-0.4, -0.2) is 15.5 Å². The predicted molar refractivity (Wildman–Crippen MR) is 96.9 cm³/mol. The van der Waals surface area contributed by atoms with E-state index in [2.05, 4.69) is 4.72 Å². The predicted octanol–water partition coefficient (Wildman–Crippen LogP) is 4.68. The van der Waals surface area contributed by atoms with Crippen LogP contribution in [0.2, 0.25) is 10.0 Å². The number of methoxy groups -OCH3 is 1. The van der Waals surface area contributed by atoms with Crippen LogP contribution in [0, 0.1) is 0 Å². The van der Waals surface area contributed by atoms with Crippen molar-refractivity contribution in [3.05, 3.63) is 51.5 Å². The van der Waals surface area contributed by atoms with Crippen molar-refractivity contribution in [1.82, 2.24) is 0 Å². The highest BCUT2D eigenvalue weighted by Gasteiger charge is 2.23. The van der Waals surface area contributed by atoms with Crippen LogP contribution in [-0.2, 0) is 22.9 Å². The molecule has 0 aliphatic heterocycles. The smallest absolute Gasteiger partial charge is 0.265 e. The molecule has 0 unspecified atom stereocenters. The molecule has 0 aromatic heterocycles. The number of benzene rings is 2. The van der Waals surface area contributed by atoms with Crippen molar-refractivity contribution >= 4 is 38.9 Å². The quantitative estimate of drug-likeness (QED) is 0.830. The van der Waals surface area contributed by atoms with Gasteiger partial charge in [-0.1, -0.05) is 23.2 Å². The fourth-order valence-electron chi connectivity index (χ4n) is 2.93. The first-order chi connectivity index (χ1) is 11.4. The lowest BCUT2D eigenvalue weighted by molar-refractivity contribution is 0.401. The van der Waals surface area contributed by atoms with Crippen molar-refractivity contribution in [3.63, 3.8) is 0 Å². The molecule has 0 spiro atoms. The molecule has 0 heterocycles. The number of fused-ring (bicyclic) bond motifs is 1. The topological polar surface area (TPSA) is 55.4 Å². The van der Waals surface area contributed by atoms with Gasteiger partial charge in [0.2, 0.25) is 0 Å². The van der Waals surface area contributed by atoms with E-state index < -0.39 is 10.0 Å². The number of anilines is 1.